The van der Waals surface area contributed by atoms with E-state index in [1.165, 1.54) is 12.0 Å². The van der Waals surface area contributed by atoms with Gasteiger partial charge in [0.25, 0.3) is 11.1 Å². The second kappa shape index (κ2) is 10.4. The SMILES string of the molecule is COc1cc(/C=C2\SC(=O)N(Cc3ccccc3C)C2=O)cc(Cl)c1OCc1ccccc1C. The van der Waals surface area contributed by atoms with Crippen LogP contribution in [0.3, 0.4) is 0 Å². The largest absolute Gasteiger partial charge is 0.493 e. The lowest BCUT2D eigenvalue weighted by Crippen LogP contribution is -2.27. The van der Waals surface area contributed by atoms with Crippen molar-refractivity contribution in [1.29, 1.82) is 0 Å². The Morgan fingerprint density at radius 3 is 2.26 bits per heavy atom. The van der Waals surface area contributed by atoms with E-state index in [0.29, 0.717) is 33.6 Å². The highest BCUT2D eigenvalue weighted by atomic mass is 35.5. The van der Waals surface area contributed by atoms with E-state index in [0.717, 1.165) is 34.0 Å². The van der Waals surface area contributed by atoms with Gasteiger partial charge in [-0.05, 0) is 71.6 Å². The van der Waals surface area contributed by atoms with Crippen molar-refractivity contribution in [3.63, 3.8) is 0 Å². The molecule has 0 aromatic heterocycles. The zero-order valence-corrected chi connectivity index (χ0v) is 20.7. The Bertz CT molecular complexity index is 1290. The molecule has 0 radical (unpaired) electrons. The normalized spacial score (nSPS) is 14.7. The number of benzene rings is 3. The Labute approximate surface area is 208 Å². The molecule has 0 bridgehead atoms. The van der Waals surface area contributed by atoms with Crippen LogP contribution in [0, 0.1) is 13.8 Å². The molecule has 0 unspecified atom stereocenters. The second-order valence-electron chi connectivity index (χ2n) is 7.94. The molecular weight excluding hydrogens is 470 g/mol. The molecule has 0 saturated carbocycles. The topological polar surface area (TPSA) is 55.8 Å². The molecule has 174 valence electrons. The smallest absolute Gasteiger partial charge is 0.293 e. The van der Waals surface area contributed by atoms with Gasteiger partial charge in [0.2, 0.25) is 0 Å². The number of carbonyl (C=O) groups excluding carboxylic acids is 2. The van der Waals surface area contributed by atoms with E-state index in [-0.39, 0.29) is 17.7 Å². The van der Waals surface area contributed by atoms with Crippen molar-refractivity contribution in [2.45, 2.75) is 27.0 Å². The number of amides is 2. The van der Waals surface area contributed by atoms with Gasteiger partial charge in [0.15, 0.2) is 11.5 Å². The molecule has 0 atom stereocenters. The van der Waals surface area contributed by atoms with E-state index in [4.69, 9.17) is 21.1 Å². The molecular formula is C27H24ClNO4S. The van der Waals surface area contributed by atoms with Crippen LogP contribution in [0.25, 0.3) is 6.08 Å². The molecule has 1 fully saturated rings. The predicted molar refractivity (Wildman–Crippen MR) is 136 cm³/mol. The summed E-state index contributed by atoms with van der Waals surface area (Å²) in [4.78, 5) is 27.1. The molecule has 0 spiro atoms. The molecule has 34 heavy (non-hydrogen) atoms. The first-order valence-corrected chi connectivity index (χ1v) is 11.9. The van der Waals surface area contributed by atoms with E-state index in [9.17, 15) is 9.59 Å². The molecule has 1 heterocycles. The number of rotatable bonds is 7. The van der Waals surface area contributed by atoms with E-state index >= 15 is 0 Å². The number of thioether (sulfide) groups is 1. The predicted octanol–water partition coefficient (Wildman–Crippen LogP) is 6.78. The van der Waals surface area contributed by atoms with Crippen molar-refractivity contribution >= 4 is 40.6 Å². The molecule has 1 saturated heterocycles. The summed E-state index contributed by atoms with van der Waals surface area (Å²) in [7, 11) is 1.53. The summed E-state index contributed by atoms with van der Waals surface area (Å²) in [5, 5.41) is 0.0640. The number of imide groups is 1. The highest BCUT2D eigenvalue weighted by Gasteiger charge is 2.35. The van der Waals surface area contributed by atoms with Crippen molar-refractivity contribution in [2.24, 2.45) is 0 Å². The highest BCUT2D eigenvalue weighted by molar-refractivity contribution is 8.18. The van der Waals surface area contributed by atoms with Gasteiger partial charge in [-0.25, -0.2) is 0 Å². The minimum absolute atomic E-state index is 0.241. The van der Waals surface area contributed by atoms with Crippen LogP contribution < -0.4 is 9.47 Å². The summed E-state index contributed by atoms with van der Waals surface area (Å²) < 4.78 is 11.5. The lowest BCUT2D eigenvalue weighted by molar-refractivity contribution is -0.123. The Morgan fingerprint density at radius 1 is 0.971 bits per heavy atom. The van der Waals surface area contributed by atoms with Crippen molar-refractivity contribution in [1.82, 2.24) is 4.90 Å². The molecule has 7 heteroatoms. The van der Waals surface area contributed by atoms with Crippen molar-refractivity contribution in [3.05, 3.63) is 98.4 Å². The van der Waals surface area contributed by atoms with E-state index < -0.39 is 0 Å². The van der Waals surface area contributed by atoms with Gasteiger partial charge < -0.3 is 9.47 Å². The van der Waals surface area contributed by atoms with E-state index in [1.54, 1.807) is 18.2 Å². The Morgan fingerprint density at radius 2 is 1.62 bits per heavy atom. The lowest BCUT2D eigenvalue weighted by atomic mass is 10.1. The van der Waals surface area contributed by atoms with Crippen LogP contribution in [-0.2, 0) is 17.9 Å². The van der Waals surface area contributed by atoms with E-state index in [2.05, 4.69) is 0 Å². The Hall–Kier alpha value is -3.22. The summed E-state index contributed by atoms with van der Waals surface area (Å²) in [6.45, 7) is 4.57. The lowest BCUT2D eigenvalue weighted by Gasteiger charge is -2.15. The Balaban J connectivity index is 1.55. The molecule has 0 N–H and O–H groups in total. The fraction of sp³-hybridized carbons (Fsp3) is 0.185. The molecule has 5 nitrogen and oxygen atoms in total. The van der Waals surface area contributed by atoms with Gasteiger partial charge in [0.1, 0.15) is 6.61 Å². The number of ether oxygens (including phenoxy) is 2. The molecule has 4 rings (SSSR count). The van der Waals surface area contributed by atoms with Crippen LogP contribution in [0.1, 0.15) is 27.8 Å². The molecule has 1 aliphatic rings. The molecule has 2 amide bonds. The van der Waals surface area contributed by atoms with Gasteiger partial charge in [-0.15, -0.1) is 0 Å². The van der Waals surface area contributed by atoms with Crippen LogP contribution in [0.4, 0.5) is 4.79 Å². The number of methoxy groups -OCH3 is 1. The van der Waals surface area contributed by atoms with Gasteiger partial charge in [-0.3, -0.25) is 14.5 Å². The molecule has 1 aliphatic heterocycles. The third-order valence-electron chi connectivity index (χ3n) is 5.65. The van der Waals surface area contributed by atoms with Gasteiger partial charge in [0.05, 0.1) is 23.6 Å². The number of aryl methyl sites for hydroxylation is 2. The highest BCUT2D eigenvalue weighted by Crippen LogP contribution is 2.39. The van der Waals surface area contributed by atoms with Crippen molar-refractivity contribution in [3.8, 4) is 11.5 Å². The summed E-state index contributed by atoms with van der Waals surface area (Å²) in [6, 6.07) is 19.1. The maximum absolute atomic E-state index is 13.0. The summed E-state index contributed by atoms with van der Waals surface area (Å²) >= 11 is 7.44. The number of nitrogens with zero attached hydrogens (tertiary/aromatic N) is 1. The number of hydrogen-bond donors (Lipinski definition) is 0. The average Bonchev–Trinajstić information content (AvgIpc) is 3.07. The number of halogens is 1. The summed E-state index contributed by atoms with van der Waals surface area (Å²) in [6.07, 6.45) is 1.66. The van der Waals surface area contributed by atoms with Crippen molar-refractivity contribution in [2.75, 3.05) is 7.11 Å². The van der Waals surface area contributed by atoms with Crippen LogP contribution >= 0.6 is 23.4 Å². The Kier molecular flexibility index (Phi) is 7.29. The monoisotopic (exact) mass is 493 g/mol. The van der Waals surface area contributed by atoms with Crippen LogP contribution in [0.15, 0.2) is 65.6 Å². The average molecular weight is 494 g/mol. The number of hydrogen-bond acceptors (Lipinski definition) is 5. The standard InChI is InChI=1S/C27H24ClNO4S/c1-17-8-4-6-10-20(17)15-29-26(30)24(34-27(29)31)14-19-12-22(28)25(23(13-19)32-3)33-16-21-11-7-5-9-18(21)2/h4-14H,15-16H2,1-3H3/b24-14-. The molecule has 3 aromatic carbocycles. The minimum atomic E-state index is -0.326. The molecule has 0 aliphatic carbocycles. The minimum Gasteiger partial charge on any atom is -0.493 e. The zero-order valence-electron chi connectivity index (χ0n) is 19.1. The molecule has 3 aromatic rings. The maximum Gasteiger partial charge on any atom is 0.293 e. The first-order valence-electron chi connectivity index (χ1n) is 10.7. The third-order valence-corrected chi connectivity index (χ3v) is 6.83. The van der Waals surface area contributed by atoms with E-state index in [1.807, 2.05) is 62.4 Å². The van der Waals surface area contributed by atoms with Crippen LogP contribution in [-0.4, -0.2) is 23.2 Å². The summed E-state index contributed by atoms with van der Waals surface area (Å²) in [5.41, 5.74) is 4.78. The summed E-state index contributed by atoms with van der Waals surface area (Å²) in [5.74, 6) is 0.553. The maximum atomic E-state index is 13.0. The quantitative estimate of drug-likeness (QED) is 0.339. The van der Waals surface area contributed by atoms with Crippen LogP contribution in [0.5, 0.6) is 11.5 Å². The third kappa shape index (κ3) is 5.13. The second-order valence-corrected chi connectivity index (χ2v) is 9.34. The fourth-order valence-electron chi connectivity index (χ4n) is 3.63. The van der Waals surface area contributed by atoms with Crippen LogP contribution in [0.2, 0.25) is 5.02 Å². The van der Waals surface area contributed by atoms with Gasteiger partial charge >= 0.3 is 0 Å². The first-order chi connectivity index (χ1) is 16.4. The van der Waals surface area contributed by atoms with Crippen molar-refractivity contribution < 1.29 is 19.1 Å². The zero-order chi connectivity index (χ0) is 24.2. The number of carbonyl (C=O) groups is 2. The van der Waals surface area contributed by atoms with Gasteiger partial charge in [-0.2, -0.15) is 0 Å². The van der Waals surface area contributed by atoms with Gasteiger partial charge in [0, 0.05) is 0 Å². The first kappa shape index (κ1) is 23.9. The van der Waals surface area contributed by atoms with Gasteiger partial charge in [-0.1, -0.05) is 60.1 Å². The fourth-order valence-corrected chi connectivity index (χ4v) is 4.74.